The summed E-state index contributed by atoms with van der Waals surface area (Å²) in [4.78, 5) is 39.5. The molecule has 3 N–H and O–H groups in total. The summed E-state index contributed by atoms with van der Waals surface area (Å²) < 4.78 is 5.25. The molecule has 0 fully saturated rings. The van der Waals surface area contributed by atoms with Crippen LogP contribution in [0.3, 0.4) is 0 Å². The molecule has 0 unspecified atom stereocenters. The lowest BCUT2D eigenvalue weighted by Crippen LogP contribution is -2.44. The number of aromatic nitrogens is 1. The molecule has 0 spiro atoms. The summed E-state index contributed by atoms with van der Waals surface area (Å²) in [7, 11) is 0. The van der Waals surface area contributed by atoms with E-state index in [1.807, 2.05) is 0 Å². The predicted octanol–water partition coefficient (Wildman–Crippen LogP) is 0.936. The minimum Gasteiger partial charge on any atom is -0.480 e. The number of nitro benzene ring substituents is 1. The average Bonchev–Trinajstić information content (AvgIpc) is 2.58. The van der Waals surface area contributed by atoms with Crippen LogP contribution >= 0.6 is 0 Å². The van der Waals surface area contributed by atoms with E-state index in [9.17, 15) is 19.7 Å². The van der Waals surface area contributed by atoms with E-state index >= 15 is 0 Å². The van der Waals surface area contributed by atoms with Gasteiger partial charge < -0.3 is 15.8 Å². The quantitative estimate of drug-likeness (QED) is 0.621. The second kappa shape index (κ2) is 6.43. The molecule has 25 heavy (non-hydrogen) atoms. The monoisotopic (exact) mass is 343 g/mol. The third-order valence-electron chi connectivity index (χ3n) is 3.43. The van der Waals surface area contributed by atoms with Crippen molar-refractivity contribution in [1.29, 1.82) is 0 Å². The number of non-ortho nitro benzene ring substituents is 1. The Morgan fingerprint density at radius 2 is 2.04 bits per heavy atom. The molecule has 10 nitrogen and oxygen atoms in total. The number of pyridine rings is 1. The minimum absolute atomic E-state index is 0.0880. The molecule has 0 saturated carbocycles. The number of anilines is 3. The topological polar surface area (TPSA) is 141 Å². The first kappa shape index (κ1) is 16.2. The van der Waals surface area contributed by atoms with Crippen LogP contribution in [0.1, 0.15) is 0 Å². The van der Waals surface area contributed by atoms with Gasteiger partial charge in [0.2, 0.25) is 5.91 Å². The zero-order valence-corrected chi connectivity index (χ0v) is 12.8. The van der Waals surface area contributed by atoms with E-state index in [0.717, 1.165) is 0 Å². The maximum Gasteiger partial charge on any atom is 0.269 e. The van der Waals surface area contributed by atoms with Crippen LogP contribution in [0.25, 0.3) is 0 Å². The van der Waals surface area contributed by atoms with Crippen LogP contribution in [0.5, 0.6) is 5.75 Å². The molecule has 0 aliphatic carbocycles. The number of amides is 2. The van der Waals surface area contributed by atoms with Crippen molar-refractivity contribution in [1.82, 2.24) is 4.98 Å². The Kier molecular flexibility index (Phi) is 4.16. The molecule has 1 aromatic heterocycles. The molecule has 0 atom stereocenters. The van der Waals surface area contributed by atoms with E-state index < -0.39 is 16.7 Å². The fourth-order valence-corrected chi connectivity index (χ4v) is 2.27. The standard InChI is InChI=1S/C15H13N5O5/c16-12-6-5-11-15(18-12)19(14(22)8-25-11)7-13(21)17-9-1-3-10(4-2-9)20(23)24/h1-6H,7-8H2,(H2,16,18)(H,17,21). The van der Waals surface area contributed by atoms with Gasteiger partial charge in [-0.25, -0.2) is 4.98 Å². The van der Waals surface area contributed by atoms with Gasteiger partial charge in [0.05, 0.1) is 4.92 Å². The van der Waals surface area contributed by atoms with Gasteiger partial charge in [0.25, 0.3) is 11.6 Å². The van der Waals surface area contributed by atoms with Crippen LogP contribution in [0.15, 0.2) is 36.4 Å². The lowest BCUT2D eigenvalue weighted by Gasteiger charge is -2.27. The van der Waals surface area contributed by atoms with Crippen molar-refractivity contribution in [3.05, 3.63) is 46.5 Å². The molecule has 0 saturated heterocycles. The van der Waals surface area contributed by atoms with Crippen LogP contribution in [-0.2, 0) is 9.59 Å². The minimum atomic E-state index is -0.537. The second-order valence-corrected chi connectivity index (χ2v) is 5.18. The Bertz CT molecular complexity index is 852. The number of hydrogen-bond donors (Lipinski definition) is 2. The van der Waals surface area contributed by atoms with Crippen molar-refractivity contribution < 1.29 is 19.2 Å². The molecular weight excluding hydrogens is 330 g/mol. The van der Waals surface area contributed by atoms with Crippen LogP contribution in [0.2, 0.25) is 0 Å². The lowest BCUT2D eigenvalue weighted by atomic mass is 10.2. The van der Waals surface area contributed by atoms with Crippen LogP contribution in [0.4, 0.5) is 23.0 Å². The van der Waals surface area contributed by atoms with Gasteiger partial charge >= 0.3 is 0 Å². The van der Waals surface area contributed by atoms with Gasteiger partial charge in [-0.3, -0.25) is 24.6 Å². The normalized spacial score (nSPS) is 13.0. The number of ether oxygens (including phenoxy) is 1. The maximum atomic E-state index is 12.2. The average molecular weight is 343 g/mol. The first-order valence-electron chi connectivity index (χ1n) is 7.18. The molecule has 0 radical (unpaired) electrons. The number of hydrogen-bond acceptors (Lipinski definition) is 7. The zero-order valence-electron chi connectivity index (χ0n) is 12.8. The van der Waals surface area contributed by atoms with E-state index in [-0.39, 0.29) is 30.5 Å². The highest BCUT2D eigenvalue weighted by Gasteiger charge is 2.29. The summed E-state index contributed by atoms with van der Waals surface area (Å²) in [5.74, 6) is -0.186. The molecule has 2 amide bonds. The van der Waals surface area contributed by atoms with Crippen molar-refractivity contribution in [3.63, 3.8) is 0 Å². The molecule has 1 aromatic carbocycles. The molecule has 0 bridgehead atoms. The molecule has 2 heterocycles. The number of carbonyl (C=O) groups excluding carboxylic acids is 2. The first-order chi connectivity index (χ1) is 11.9. The Morgan fingerprint density at radius 1 is 1.32 bits per heavy atom. The summed E-state index contributed by atoms with van der Waals surface area (Å²) in [5, 5.41) is 13.2. The third-order valence-corrected chi connectivity index (χ3v) is 3.43. The van der Waals surface area contributed by atoms with Gasteiger partial charge in [-0.1, -0.05) is 0 Å². The summed E-state index contributed by atoms with van der Waals surface area (Å²) in [5.41, 5.74) is 5.91. The number of carbonyl (C=O) groups is 2. The van der Waals surface area contributed by atoms with Crippen molar-refractivity contribution in [3.8, 4) is 5.75 Å². The largest absolute Gasteiger partial charge is 0.480 e. The highest BCUT2D eigenvalue weighted by Crippen LogP contribution is 2.30. The van der Waals surface area contributed by atoms with E-state index in [4.69, 9.17) is 10.5 Å². The molecule has 10 heteroatoms. The Labute approximate surface area is 141 Å². The van der Waals surface area contributed by atoms with Gasteiger partial charge in [0.15, 0.2) is 18.2 Å². The summed E-state index contributed by atoms with van der Waals surface area (Å²) in [6.07, 6.45) is 0. The Morgan fingerprint density at radius 3 is 2.72 bits per heavy atom. The first-order valence-corrected chi connectivity index (χ1v) is 7.18. The second-order valence-electron chi connectivity index (χ2n) is 5.18. The summed E-state index contributed by atoms with van der Waals surface area (Å²) >= 11 is 0. The summed E-state index contributed by atoms with van der Waals surface area (Å²) in [6.45, 7) is -0.494. The van der Waals surface area contributed by atoms with Crippen molar-refractivity contribution >= 4 is 34.8 Å². The van der Waals surface area contributed by atoms with Crippen molar-refractivity contribution in [2.24, 2.45) is 0 Å². The van der Waals surface area contributed by atoms with Gasteiger partial charge in [-0.15, -0.1) is 0 Å². The zero-order chi connectivity index (χ0) is 18.0. The Balaban J connectivity index is 1.73. The van der Waals surface area contributed by atoms with Crippen LogP contribution < -0.4 is 20.7 Å². The van der Waals surface area contributed by atoms with Crippen LogP contribution in [0, 0.1) is 10.1 Å². The fraction of sp³-hybridized carbons (Fsp3) is 0.133. The van der Waals surface area contributed by atoms with Gasteiger partial charge in [-0.2, -0.15) is 0 Å². The SMILES string of the molecule is Nc1ccc2c(n1)N(CC(=O)Nc1ccc([N+](=O)[O-])cc1)C(=O)CO2. The highest BCUT2D eigenvalue weighted by atomic mass is 16.6. The lowest BCUT2D eigenvalue weighted by molar-refractivity contribution is -0.384. The number of nitrogens with one attached hydrogen (secondary N) is 1. The van der Waals surface area contributed by atoms with Crippen molar-refractivity contribution in [2.45, 2.75) is 0 Å². The molecule has 1 aliphatic rings. The van der Waals surface area contributed by atoms with Gasteiger partial charge in [-0.05, 0) is 24.3 Å². The molecule has 128 valence electrons. The number of nitro groups is 1. The van der Waals surface area contributed by atoms with E-state index in [2.05, 4.69) is 10.3 Å². The van der Waals surface area contributed by atoms with Gasteiger partial charge in [0.1, 0.15) is 12.4 Å². The third kappa shape index (κ3) is 3.47. The van der Waals surface area contributed by atoms with Gasteiger partial charge in [0, 0.05) is 17.8 Å². The summed E-state index contributed by atoms with van der Waals surface area (Å²) in [6, 6.07) is 8.46. The molecule has 3 rings (SSSR count). The van der Waals surface area contributed by atoms with Crippen LogP contribution in [-0.4, -0.2) is 34.9 Å². The molecular formula is C15H13N5O5. The number of fused-ring (bicyclic) bond motifs is 1. The molecule has 1 aliphatic heterocycles. The van der Waals surface area contributed by atoms with E-state index in [1.165, 1.54) is 35.2 Å². The number of nitrogens with zero attached hydrogens (tertiary/aromatic N) is 3. The number of nitrogens with two attached hydrogens (primary N) is 1. The smallest absolute Gasteiger partial charge is 0.269 e. The predicted molar refractivity (Wildman–Crippen MR) is 88.2 cm³/mol. The number of rotatable bonds is 4. The van der Waals surface area contributed by atoms with Crippen molar-refractivity contribution in [2.75, 3.05) is 29.1 Å². The molecule has 2 aromatic rings. The number of nitrogen functional groups attached to an aromatic ring is 1. The fourth-order valence-electron chi connectivity index (χ4n) is 2.27. The number of benzene rings is 1. The highest BCUT2D eigenvalue weighted by molar-refractivity contribution is 6.04. The maximum absolute atomic E-state index is 12.2. The van der Waals surface area contributed by atoms with E-state index in [0.29, 0.717) is 11.4 Å². The van der Waals surface area contributed by atoms with E-state index in [1.54, 1.807) is 6.07 Å². The Hall–Kier alpha value is -3.69.